The monoisotopic (exact) mass is 292 g/mol. The Bertz CT molecular complexity index is 679. The van der Waals surface area contributed by atoms with Crippen LogP contribution in [0.3, 0.4) is 0 Å². The van der Waals surface area contributed by atoms with Crippen molar-refractivity contribution in [3.05, 3.63) is 29.3 Å². The van der Waals surface area contributed by atoms with Gasteiger partial charge in [-0.15, -0.1) is 0 Å². The Hall–Kier alpha value is -2.02. The second-order valence-corrected chi connectivity index (χ2v) is 6.03. The van der Waals surface area contributed by atoms with Crippen molar-refractivity contribution < 1.29 is 13.5 Å². The fourth-order valence-electron chi connectivity index (χ4n) is 1.60. The highest BCUT2D eigenvalue weighted by Gasteiger charge is 2.23. The first-order valence-electron chi connectivity index (χ1n) is 6.06. The molecule has 0 aliphatic rings. The van der Waals surface area contributed by atoms with Gasteiger partial charge in [0.25, 0.3) is 0 Å². The topological polar surface area (TPSA) is 90.2 Å². The van der Waals surface area contributed by atoms with Gasteiger partial charge in [0.2, 0.25) is 10.0 Å². The van der Waals surface area contributed by atoms with Gasteiger partial charge in [-0.1, -0.05) is 18.8 Å². The molecule has 5 nitrogen and oxygen atoms in total. The van der Waals surface area contributed by atoms with Crippen molar-refractivity contribution in [2.45, 2.75) is 25.5 Å². The number of aryl methyl sites for hydroxylation is 1. The molecule has 20 heavy (non-hydrogen) atoms. The molecular weight excluding hydrogens is 276 g/mol. The summed E-state index contributed by atoms with van der Waals surface area (Å²) >= 11 is 0. The molecule has 0 amide bonds. The lowest BCUT2D eigenvalue weighted by Crippen LogP contribution is -2.26. The highest BCUT2D eigenvalue weighted by atomic mass is 32.2. The minimum absolute atomic E-state index is 0.227. The second kappa shape index (κ2) is 6.95. The zero-order valence-electron chi connectivity index (χ0n) is 11.3. The molecule has 0 saturated carbocycles. The number of nitriles is 1. The van der Waals surface area contributed by atoms with Gasteiger partial charge in [-0.3, -0.25) is 4.72 Å². The predicted molar refractivity (Wildman–Crippen MR) is 77.4 cm³/mol. The number of nitrogens with one attached hydrogen (secondary N) is 1. The van der Waals surface area contributed by atoms with Gasteiger partial charge in [-0.25, -0.2) is 8.42 Å². The van der Waals surface area contributed by atoms with E-state index in [1.165, 1.54) is 0 Å². The summed E-state index contributed by atoms with van der Waals surface area (Å²) in [6.07, 6.45) is 0.227. The summed E-state index contributed by atoms with van der Waals surface area (Å²) in [5, 5.41) is 16.4. The largest absolute Gasteiger partial charge is 0.384 e. The minimum atomic E-state index is -3.71. The van der Waals surface area contributed by atoms with Crippen molar-refractivity contribution in [3.8, 4) is 17.9 Å². The molecule has 2 N–H and O–H groups in total. The van der Waals surface area contributed by atoms with Crippen LogP contribution in [0.15, 0.2) is 18.2 Å². The Morgan fingerprint density at radius 1 is 1.45 bits per heavy atom. The zero-order chi connectivity index (χ0) is 15.2. The number of benzene rings is 1. The zero-order valence-corrected chi connectivity index (χ0v) is 12.2. The summed E-state index contributed by atoms with van der Waals surface area (Å²) in [5.74, 6) is 5.26. The van der Waals surface area contributed by atoms with Crippen LogP contribution >= 0.6 is 0 Å². The van der Waals surface area contributed by atoms with Crippen LogP contribution in [0.2, 0.25) is 0 Å². The lowest BCUT2D eigenvalue weighted by molar-refractivity contribution is 0.350. The van der Waals surface area contributed by atoms with E-state index in [0.717, 1.165) is 0 Å². The molecule has 6 heteroatoms. The third kappa shape index (κ3) is 3.99. The normalized spacial score (nSPS) is 11.9. The molecule has 1 aromatic carbocycles. The van der Waals surface area contributed by atoms with Gasteiger partial charge < -0.3 is 5.11 Å². The smallest absolute Gasteiger partial charge is 0.249 e. The highest BCUT2D eigenvalue weighted by molar-refractivity contribution is 7.93. The summed E-state index contributed by atoms with van der Waals surface area (Å²) in [6.45, 7) is 3.16. The number of rotatable bonds is 4. The summed E-state index contributed by atoms with van der Waals surface area (Å²) in [5.41, 5.74) is 1.81. The fraction of sp³-hybridized carbons (Fsp3) is 0.357. The van der Waals surface area contributed by atoms with Gasteiger partial charge in [0.05, 0.1) is 11.8 Å². The maximum atomic E-state index is 12.0. The van der Waals surface area contributed by atoms with E-state index in [1.54, 1.807) is 38.1 Å². The quantitative estimate of drug-likeness (QED) is 0.820. The Kier molecular flexibility index (Phi) is 5.57. The molecule has 0 bridgehead atoms. The molecule has 1 aromatic rings. The summed E-state index contributed by atoms with van der Waals surface area (Å²) in [6, 6.07) is 6.74. The number of nitrogens with zero attached hydrogens (tertiary/aromatic N) is 1. The van der Waals surface area contributed by atoms with Crippen molar-refractivity contribution in [2.75, 3.05) is 11.3 Å². The first-order chi connectivity index (χ1) is 9.44. The molecule has 0 radical (unpaired) electrons. The molecule has 0 saturated heterocycles. The lowest BCUT2D eigenvalue weighted by atomic mass is 10.1. The van der Waals surface area contributed by atoms with E-state index >= 15 is 0 Å². The average Bonchev–Trinajstić information content (AvgIpc) is 2.40. The first kappa shape index (κ1) is 16.0. The Morgan fingerprint density at radius 2 is 2.15 bits per heavy atom. The van der Waals surface area contributed by atoms with Crippen LogP contribution in [0.5, 0.6) is 0 Å². The third-order valence-electron chi connectivity index (χ3n) is 2.68. The van der Waals surface area contributed by atoms with Crippen molar-refractivity contribution in [2.24, 2.45) is 0 Å². The van der Waals surface area contributed by atoms with Crippen LogP contribution in [0.4, 0.5) is 5.69 Å². The molecule has 106 valence electrons. The van der Waals surface area contributed by atoms with E-state index in [4.69, 9.17) is 10.4 Å². The lowest BCUT2D eigenvalue weighted by Gasteiger charge is -2.13. The Labute approximate surface area is 119 Å². The van der Waals surface area contributed by atoms with E-state index in [2.05, 4.69) is 16.6 Å². The van der Waals surface area contributed by atoms with Gasteiger partial charge in [-0.05, 0) is 37.1 Å². The summed E-state index contributed by atoms with van der Waals surface area (Å²) < 4.78 is 26.4. The van der Waals surface area contributed by atoms with E-state index in [9.17, 15) is 8.42 Å². The molecule has 0 aromatic heterocycles. The van der Waals surface area contributed by atoms with Crippen LogP contribution in [0, 0.1) is 30.1 Å². The molecule has 1 atom stereocenters. The maximum Gasteiger partial charge on any atom is 0.249 e. The molecule has 0 aliphatic carbocycles. The number of aliphatic hydroxyl groups excluding tert-OH is 1. The maximum absolute atomic E-state index is 12.0. The first-order valence-corrected chi connectivity index (χ1v) is 7.60. The SMILES string of the molecule is CCC(C#N)S(=O)(=O)Nc1ccc(C#CCO)cc1C. The molecular formula is C14H16N2O3S. The van der Waals surface area contributed by atoms with Crippen LogP contribution in [-0.2, 0) is 10.0 Å². The molecule has 0 heterocycles. The van der Waals surface area contributed by atoms with Crippen molar-refractivity contribution in [3.63, 3.8) is 0 Å². The summed E-state index contributed by atoms with van der Waals surface area (Å²) in [4.78, 5) is 0. The minimum Gasteiger partial charge on any atom is -0.384 e. The van der Waals surface area contributed by atoms with Gasteiger partial charge >= 0.3 is 0 Å². The van der Waals surface area contributed by atoms with Gasteiger partial charge in [0.1, 0.15) is 6.61 Å². The van der Waals surface area contributed by atoms with Gasteiger partial charge in [0, 0.05) is 5.56 Å². The van der Waals surface area contributed by atoms with E-state index in [0.29, 0.717) is 16.8 Å². The number of aliphatic hydroxyl groups is 1. The third-order valence-corrected chi connectivity index (χ3v) is 4.37. The van der Waals surface area contributed by atoms with Crippen LogP contribution < -0.4 is 4.72 Å². The number of anilines is 1. The van der Waals surface area contributed by atoms with E-state index in [1.807, 2.05) is 0 Å². The van der Waals surface area contributed by atoms with Crippen LogP contribution in [0.1, 0.15) is 24.5 Å². The standard InChI is InChI=1S/C14H16N2O3S/c1-3-13(10-15)20(18,19)16-14-7-6-12(5-4-8-17)9-11(14)2/h6-7,9,13,16-17H,3,8H2,1-2H3. The molecule has 0 aliphatic heterocycles. The fourth-order valence-corrected chi connectivity index (χ4v) is 2.86. The average molecular weight is 292 g/mol. The van der Waals surface area contributed by atoms with Crippen molar-refractivity contribution in [1.29, 1.82) is 5.26 Å². The van der Waals surface area contributed by atoms with Gasteiger partial charge in [0.15, 0.2) is 5.25 Å². The van der Waals surface area contributed by atoms with Crippen LogP contribution in [-0.4, -0.2) is 25.4 Å². The number of sulfonamides is 1. The molecule has 0 fully saturated rings. The predicted octanol–water partition coefficient (Wildman–Crippen LogP) is 1.38. The van der Waals surface area contributed by atoms with Crippen LogP contribution in [0.25, 0.3) is 0 Å². The number of hydrogen-bond donors (Lipinski definition) is 2. The second-order valence-electron chi connectivity index (χ2n) is 4.16. The Balaban J connectivity index is 3.03. The summed E-state index contributed by atoms with van der Waals surface area (Å²) in [7, 11) is -3.71. The van der Waals surface area contributed by atoms with Gasteiger partial charge in [-0.2, -0.15) is 5.26 Å². The number of hydrogen-bond acceptors (Lipinski definition) is 4. The van der Waals surface area contributed by atoms with E-state index < -0.39 is 15.3 Å². The van der Waals surface area contributed by atoms with Crippen molar-refractivity contribution >= 4 is 15.7 Å². The molecule has 1 unspecified atom stereocenters. The molecule has 1 rings (SSSR count). The van der Waals surface area contributed by atoms with E-state index in [-0.39, 0.29) is 13.0 Å². The Morgan fingerprint density at radius 3 is 2.65 bits per heavy atom. The molecule has 0 spiro atoms. The van der Waals surface area contributed by atoms with Crippen molar-refractivity contribution in [1.82, 2.24) is 0 Å². The highest BCUT2D eigenvalue weighted by Crippen LogP contribution is 2.19.